The van der Waals surface area contributed by atoms with Gasteiger partial charge in [-0.1, -0.05) is 6.07 Å². The first-order valence-electron chi connectivity index (χ1n) is 6.95. The molecule has 1 unspecified atom stereocenters. The highest BCUT2D eigenvalue weighted by molar-refractivity contribution is 7.11. The minimum atomic E-state index is -0.291. The number of hydrogen-bond acceptors (Lipinski definition) is 6. The van der Waals surface area contributed by atoms with Crippen LogP contribution in [0.3, 0.4) is 0 Å². The predicted molar refractivity (Wildman–Crippen MR) is 81.9 cm³/mol. The Hall–Kier alpha value is -0.820. The number of thiophene rings is 1. The highest BCUT2D eigenvalue weighted by Crippen LogP contribution is 2.33. The van der Waals surface area contributed by atoms with Crippen LogP contribution in [0.15, 0.2) is 17.5 Å². The summed E-state index contributed by atoms with van der Waals surface area (Å²) < 4.78 is 0. The molecule has 0 bridgehead atoms. The number of aliphatic hydroxyl groups excluding tert-OH is 1. The van der Waals surface area contributed by atoms with E-state index in [-0.39, 0.29) is 6.10 Å². The summed E-state index contributed by atoms with van der Waals surface area (Å²) in [6, 6.07) is 4.04. The van der Waals surface area contributed by atoms with Gasteiger partial charge in [0.2, 0.25) is 0 Å². The van der Waals surface area contributed by atoms with Gasteiger partial charge in [0.25, 0.3) is 0 Å². The second kappa shape index (κ2) is 6.30. The monoisotopic (exact) mass is 309 g/mol. The van der Waals surface area contributed by atoms with Crippen LogP contribution in [0.2, 0.25) is 0 Å². The van der Waals surface area contributed by atoms with E-state index >= 15 is 0 Å². The lowest BCUT2D eigenvalue weighted by Gasteiger charge is -2.33. The summed E-state index contributed by atoms with van der Waals surface area (Å²) in [7, 11) is 0. The molecule has 1 saturated heterocycles. The normalized spacial score (nSPS) is 19.3. The molecule has 1 aliphatic heterocycles. The van der Waals surface area contributed by atoms with E-state index in [9.17, 15) is 5.11 Å². The number of aliphatic hydroxyl groups is 1. The molecule has 1 atom stereocenters. The quantitative estimate of drug-likeness (QED) is 0.943. The van der Waals surface area contributed by atoms with E-state index in [1.54, 1.807) is 22.7 Å². The summed E-state index contributed by atoms with van der Waals surface area (Å²) in [5, 5.41) is 22.8. The van der Waals surface area contributed by atoms with Crippen LogP contribution in [-0.2, 0) is 6.54 Å². The van der Waals surface area contributed by atoms with Gasteiger partial charge >= 0.3 is 0 Å². The highest BCUT2D eigenvalue weighted by Gasteiger charge is 2.27. The number of rotatable bonds is 4. The molecule has 6 heteroatoms. The zero-order valence-corrected chi connectivity index (χ0v) is 13.2. The van der Waals surface area contributed by atoms with E-state index in [0.717, 1.165) is 47.4 Å². The summed E-state index contributed by atoms with van der Waals surface area (Å²) in [4.78, 5) is 3.51. The molecule has 0 spiro atoms. The summed E-state index contributed by atoms with van der Waals surface area (Å²) in [5.41, 5.74) is 0. The van der Waals surface area contributed by atoms with Gasteiger partial charge in [-0.25, -0.2) is 0 Å². The number of likely N-dealkylation sites (tertiary alicyclic amines) is 1. The van der Waals surface area contributed by atoms with Crippen LogP contribution in [0.4, 0.5) is 0 Å². The lowest BCUT2D eigenvalue weighted by molar-refractivity contribution is 0.0590. The summed E-state index contributed by atoms with van der Waals surface area (Å²) in [5.74, 6) is 0.390. The van der Waals surface area contributed by atoms with Crippen molar-refractivity contribution in [3.8, 4) is 0 Å². The lowest BCUT2D eigenvalue weighted by atomic mass is 9.90. The molecule has 20 heavy (non-hydrogen) atoms. The standard InChI is InChI=1S/C14H19N3OS2/c1-10-15-16-13(20-10)9-17-6-4-11(5-7-17)14(18)12-3-2-8-19-12/h2-3,8,11,14,18H,4-7,9H2,1H3. The number of hydrogen-bond donors (Lipinski definition) is 1. The van der Waals surface area contributed by atoms with Crippen molar-refractivity contribution in [3.63, 3.8) is 0 Å². The molecule has 108 valence electrons. The molecule has 1 fully saturated rings. The van der Waals surface area contributed by atoms with E-state index in [0.29, 0.717) is 5.92 Å². The zero-order valence-electron chi connectivity index (χ0n) is 11.5. The maximum atomic E-state index is 10.4. The molecular weight excluding hydrogens is 290 g/mol. The SMILES string of the molecule is Cc1nnc(CN2CCC(C(O)c3cccs3)CC2)s1. The molecule has 0 radical (unpaired) electrons. The van der Waals surface area contributed by atoms with Crippen molar-refractivity contribution in [3.05, 3.63) is 32.4 Å². The second-order valence-corrected chi connectivity index (χ2v) is 7.53. The molecular formula is C14H19N3OS2. The minimum absolute atomic E-state index is 0.291. The van der Waals surface area contributed by atoms with E-state index in [1.807, 2.05) is 24.4 Å². The van der Waals surface area contributed by atoms with Crippen LogP contribution in [-0.4, -0.2) is 33.3 Å². The third-order valence-corrected chi connectivity index (χ3v) is 5.61. The van der Waals surface area contributed by atoms with Gasteiger partial charge in [0.15, 0.2) is 0 Å². The Kier molecular flexibility index (Phi) is 4.45. The fraction of sp³-hybridized carbons (Fsp3) is 0.571. The van der Waals surface area contributed by atoms with Crippen LogP contribution in [0, 0.1) is 12.8 Å². The van der Waals surface area contributed by atoms with Gasteiger partial charge in [-0.3, -0.25) is 4.90 Å². The molecule has 4 nitrogen and oxygen atoms in total. The van der Waals surface area contributed by atoms with E-state index < -0.39 is 0 Å². The number of piperidine rings is 1. The lowest BCUT2D eigenvalue weighted by Crippen LogP contribution is -2.35. The van der Waals surface area contributed by atoms with Crippen molar-refractivity contribution < 1.29 is 5.11 Å². The summed E-state index contributed by atoms with van der Waals surface area (Å²) in [6.45, 7) is 4.95. The van der Waals surface area contributed by atoms with Gasteiger partial charge in [0, 0.05) is 4.88 Å². The molecule has 3 heterocycles. The van der Waals surface area contributed by atoms with Crippen molar-refractivity contribution in [2.24, 2.45) is 5.92 Å². The number of aryl methyl sites for hydroxylation is 1. The Balaban J connectivity index is 1.52. The van der Waals surface area contributed by atoms with Crippen molar-refractivity contribution >= 4 is 22.7 Å². The second-order valence-electron chi connectivity index (χ2n) is 5.29. The summed E-state index contributed by atoms with van der Waals surface area (Å²) in [6.07, 6.45) is 1.81. The van der Waals surface area contributed by atoms with Crippen molar-refractivity contribution in [2.45, 2.75) is 32.4 Å². The van der Waals surface area contributed by atoms with Gasteiger partial charge in [-0.05, 0) is 50.2 Å². The van der Waals surface area contributed by atoms with Crippen LogP contribution in [0.25, 0.3) is 0 Å². The smallest absolute Gasteiger partial charge is 0.131 e. The average Bonchev–Trinajstić information content (AvgIpc) is 3.11. The third-order valence-electron chi connectivity index (χ3n) is 3.84. The van der Waals surface area contributed by atoms with Crippen molar-refractivity contribution in [1.29, 1.82) is 0 Å². The molecule has 2 aromatic heterocycles. The fourth-order valence-electron chi connectivity index (χ4n) is 2.71. The molecule has 1 aliphatic rings. The predicted octanol–water partition coefficient (Wildman–Crippen LogP) is 2.85. The Morgan fingerprint density at radius 3 is 2.80 bits per heavy atom. The largest absolute Gasteiger partial charge is 0.387 e. The number of aromatic nitrogens is 2. The van der Waals surface area contributed by atoms with Crippen molar-refractivity contribution in [2.75, 3.05) is 13.1 Å². The Morgan fingerprint density at radius 1 is 1.40 bits per heavy atom. The van der Waals surface area contributed by atoms with E-state index in [4.69, 9.17) is 0 Å². The molecule has 0 saturated carbocycles. The van der Waals surface area contributed by atoms with Crippen LogP contribution in [0.5, 0.6) is 0 Å². The Labute approximate surface area is 127 Å². The van der Waals surface area contributed by atoms with Gasteiger partial charge in [-0.2, -0.15) is 0 Å². The van der Waals surface area contributed by atoms with Gasteiger partial charge in [0.1, 0.15) is 10.0 Å². The van der Waals surface area contributed by atoms with E-state index in [1.165, 1.54) is 0 Å². The first kappa shape index (κ1) is 14.1. The molecule has 0 amide bonds. The molecule has 1 N–H and O–H groups in total. The maximum absolute atomic E-state index is 10.4. The highest BCUT2D eigenvalue weighted by atomic mass is 32.1. The first-order valence-corrected chi connectivity index (χ1v) is 8.65. The molecule has 0 aromatic carbocycles. The average molecular weight is 309 g/mol. The van der Waals surface area contributed by atoms with Crippen LogP contribution in [0.1, 0.15) is 33.8 Å². The molecule has 3 rings (SSSR count). The topological polar surface area (TPSA) is 49.2 Å². The summed E-state index contributed by atoms with van der Waals surface area (Å²) >= 11 is 3.33. The first-order chi connectivity index (χ1) is 9.72. The maximum Gasteiger partial charge on any atom is 0.131 e. The van der Waals surface area contributed by atoms with Crippen molar-refractivity contribution in [1.82, 2.24) is 15.1 Å². The Bertz CT molecular complexity index is 532. The van der Waals surface area contributed by atoms with E-state index in [2.05, 4.69) is 15.1 Å². The number of nitrogens with zero attached hydrogens (tertiary/aromatic N) is 3. The zero-order chi connectivity index (χ0) is 13.9. The van der Waals surface area contributed by atoms with Gasteiger partial charge in [0.05, 0.1) is 12.6 Å². The minimum Gasteiger partial charge on any atom is -0.387 e. The van der Waals surface area contributed by atoms with Gasteiger partial charge in [-0.15, -0.1) is 32.9 Å². The third kappa shape index (κ3) is 3.25. The molecule has 2 aromatic rings. The fourth-order valence-corrected chi connectivity index (χ4v) is 4.27. The van der Waals surface area contributed by atoms with Crippen LogP contribution >= 0.6 is 22.7 Å². The van der Waals surface area contributed by atoms with Gasteiger partial charge < -0.3 is 5.11 Å². The molecule has 0 aliphatic carbocycles. The Morgan fingerprint density at radius 2 is 2.20 bits per heavy atom. The van der Waals surface area contributed by atoms with Crippen LogP contribution < -0.4 is 0 Å².